The number of nitrogens with one attached hydrogen (secondary N) is 1. The number of amides is 1. The second-order valence-electron chi connectivity index (χ2n) is 4.77. The highest BCUT2D eigenvalue weighted by Gasteiger charge is 2.09. The second-order valence-corrected chi connectivity index (χ2v) is 4.77. The molecule has 4 nitrogen and oxygen atoms in total. The van der Waals surface area contributed by atoms with Gasteiger partial charge in [-0.15, -0.1) is 0 Å². The zero-order valence-corrected chi connectivity index (χ0v) is 12.2. The van der Waals surface area contributed by atoms with Crippen molar-refractivity contribution >= 4 is 17.7 Å². The Labute approximate surface area is 129 Å². The van der Waals surface area contributed by atoms with Crippen molar-refractivity contribution in [1.29, 1.82) is 5.26 Å². The first-order valence-corrected chi connectivity index (χ1v) is 6.93. The lowest BCUT2D eigenvalue weighted by Crippen LogP contribution is -2.13. The van der Waals surface area contributed by atoms with Gasteiger partial charge in [0.15, 0.2) is 0 Å². The Hall–Kier alpha value is -3.06. The maximum atomic E-state index is 12.1. The van der Waals surface area contributed by atoms with Gasteiger partial charge >= 0.3 is 0 Å². The van der Waals surface area contributed by atoms with Crippen LogP contribution >= 0.6 is 0 Å². The third kappa shape index (κ3) is 3.97. The third-order valence-electron chi connectivity index (χ3n) is 3.19. The predicted molar refractivity (Wildman–Crippen MR) is 86.1 cm³/mol. The van der Waals surface area contributed by atoms with E-state index in [4.69, 9.17) is 5.26 Å². The fourth-order valence-corrected chi connectivity index (χ4v) is 1.91. The van der Waals surface area contributed by atoms with Gasteiger partial charge in [0, 0.05) is 5.69 Å². The summed E-state index contributed by atoms with van der Waals surface area (Å²) in [4.78, 5) is 12.1. The minimum absolute atomic E-state index is 0.00487. The molecule has 0 aliphatic rings. The molecule has 0 unspecified atom stereocenters. The lowest BCUT2D eigenvalue weighted by Gasteiger charge is -2.05. The van der Waals surface area contributed by atoms with Crippen LogP contribution in [0.3, 0.4) is 0 Å². The fourth-order valence-electron chi connectivity index (χ4n) is 1.91. The minimum Gasteiger partial charge on any atom is -0.508 e. The molecule has 0 radical (unpaired) electrons. The average molecular weight is 292 g/mol. The monoisotopic (exact) mass is 292 g/mol. The van der Waals surface area contributed by atoms with Gasteiger partial charge in [0.2, 0.25) is 0 Å². The molecular formula is C18H16N2O2. The highest BCUT2D eigenvalue weighted by Crippen LogP contribution is 2.15. The van der Waals surface area contributed by atoms with Crippen molar-refractivity contribution in [2.24, 2.45) is 0 Å². The molecule has 0 aromatic heterocycles. The molecule has 0 aliphatic carbocycles. The number of aromatic hydroxyl groups is 1. The number of aryl methyl sites for hydroxylation is 1. The van der Waals surface area contributed by atoms with E-state index >= 15 is 0 Å². The molecule has 0 saturated heterocycles. The van der Waals surface area contributed by atoms with Gasteiger partial charge in [0.05, 0.1) is 0 Å². The molecule has 0 atom stereocenters. The number of phenolic OH excluding ortho intramolecular Hbond substituents is 1. The lowest BCUT2D eigenvalue weighted by molar-refractivity contribution is -0.112. The number of hydrogen-bond acceptors (Lipinski definition) is 3. The van der Waals surface area contributed by atoms with Gasteiger partial charge in [-0.3, -0.25) is 4.79 Å². The highest BCUT2D eigenvalue weighted by molar-refractivity contribution is 6.09. The Morgan fingerprint density at radius 3 is 2.36 bits per heavy atom. The zero-order valence-electron chi connectivity index (χ0n) is 12.2. The Morgan fingerprint density at radius 1 is 1.18 bits per heavy atom. The van der Waals surface area contributed by atoms with Crippen molar-refractivity contribution in [1.82, 2.24) is 0 Å². The first kappa shape index (κ1) is 15.3. The van der Waals surface area contributed by atoms with Crippen LogP contribution in [0.15, 0.2) is 54.1 Å². The van der Waals surface area contributed by atoms with E-state index in [1.54, 1.807) is 12.1 Å². The van der Waals surface area contributed by atoms with Crippen molar-refractivity contribution < 1.29 is 9.90 Å². The van der Waals surface area contributed by atoms with Gasteiger partial charge in [-0.05, 0) is 47.9 Å². The van der Waals surface area contributed by atoms with E-state index in [9.17, 15) is 9.90 Å². The summed E-state index contributed by atoms with van der Waals surface area (Å²) in [6.45, 7) is 2.06. The van der Waals surface area contributed by atoms with Crippen LogP contribution in [0.5, 0.6) is 5.75 Å². The maximum absolute atomic E-state index is 12.1. The van der Waals surface area contributed by atoms with Crippen LogP contribution in [0.25, 0.3) is 6.08 Å². The second kappa shape index (κ2) is 7.09. The number of rotatable bonds is 4. The van der Waals surface area contributed by atoms with Crippen molar-refractivity contribution in [3.05, 3.63) is 65.2 Å². The molecular weight excluding hydrogens is 276 g/mol. The Morgan fingerprint density at radius 2 is 1.82 bits per heavy atom. The minimum atomic E-state index is -0.458. The number of carbonyl (C=O) groups is 1. The van der Waals surface area contributed by atoms with Crippen LogP contribution in [-0.2, 0) is 11.2 Å². The number of anilines is 1. The van der Waals surface area contributed by atoms with Crippen molar-refractivity contribution in [3.8, 4) is 11.8 Å². The van der Waals surface area contributed by atoms with E-state index in [-0.39, 0.29) is 11.3 Å². The van der Waals surface area contributed by atoms with Gasteiger partial charge in [-0.25, -0.2) is 0 Å². The molecule has 22 heavy (non-hydrogen) atoms. The maximum Gasteiger partial charge on any atom is 0.266 e. The Bertz CT molecular complexity index is 723. The van der Waals surface area contributed by atoms with Gasteiger partial charge < -0.3 is 10.4 Å². The largest absolute Gasteiger partial charge is 0.508 e. The summed E-state index contributed by atoms with van der Waals surface area (Å²) < 4.78 is 0. The van der Waals surface area contributed by atoms with Crippen LogP contribution in [0.1, 0.15) is 18.1 Å². The number of carbonyl (C=O) groups excluding carboxylic acids is 1. The third-order valence-corrected chi connectivity index (χ3v) is 3.19. The van der Waals surface area contributed by atoms with Crippen LogP contribution in [0.2, 0.25) is 0 Å². The molecule has 1 amide bonds. The summed E-state index contributed by atoms with van der Waals surface area (Å²) in [6.07, 6.45) is 2.41. The molecule has 0 fully saturated rings. The smallest absolute Gasteiger partial charge is 0.266 e. The van der Waals surface area contributed by atoms with E-state index < -0.39 is 5.91 Å². The van der Waals surface area contributed by atoms with Crippen LogP contribution in [0.4, 0.5) is 5.69 Å². The van der Waals surface area contributed by atoms with E-state index in [0.29, 0.717) is 11.3 Å². The molecule has 0 aliphatic heterocycles. The number of benzene rings is 2. The summed E-state index contributed by atoms with van der Waals surface area (Å²) >= 11 is 0. The standard InChI is InChI=1S/C18H16N2O2/c1-2-13-3-7-16(8-4-13)20-18(22)15(12-19)11-14-5-9-17(21)10-6-14/h3-11,21H,2H2,1H3,(H,20,22)/b15-11-. The van der Waals surface area contributed by atoms with Gasteiger partial charge in [0.1, 0.15) is 17.4 Å². The summed E-state index contributed by atoms with van der Waals surface area (Å²) in [6, 6.07) is 15.7. The van der Waals surface area contributed by atoms with Crippen molar-refractivity contribution in [2.75, 3.05) is 5.32 Å². The zero-order chi connectivity index (χ0) is 15.9. The molecule has 2 aromatic rings. The SMILES string of the molecule is CCc1ccc(NC(=O)/C(C#N)=C\c2ccc(O)cc2)cc1. The fraction of sp³-hybridized carbons (Fsp3) is 0.111. The van der Waals surface area contributed by atoms with Crippen LogP contribution in [0, 0.1) is 11.3 Å². The van der Waals surface area contributed by atoms with Crippen molar-refractivity contribution in [3.63, 3.8) is 0 Å². The van der Waals surface area contributed by atoms with Crippen LogP contribution < -0.4 is 5.32 Å². The summed E-state index contributed by atoms with van der Waals surface area (Å²) in [7, 11) is 0. The molecule has 4 heteroatoms. The van der Waals surface area contributed by atoms with Gasteiger partial charge in [0.25, 0.3) is 5.91 Å². The van der Waals surface area contributed by atoms with E-state index in [1.165, 1.54) is 23.8 Å². The molecule has 2 N–H and O–H groups in total. The van der Waals surface area contributed by atoms with E-state index in [1.807, 2.05) is 30.3 Å². The number of hydrogen-bond donors (Lipinski definition) is 2. The summed E-state index contributed by atoms with van der Waals surface area (Å²) in [5, 5.41) is 21.1. The summed E-state index contributed by atoms with van der Waals surface area (Å²) in [5.41, 5.74) is 2.50. The normalized spacial score (nSPS) is 10.8. The van der Waals surface area contributed by atoms with Crippen molar-refractivity contribution in [2.45, 2.75) is 13.3 Å². The molecule has 2 aromatic carbocycles. The predicted octanol–water partition coefficient (Wildman–Crippen LogP) is 3.50. The average Bonchev–Trinajstić information content (AvgIpc) is 2.55. The quantitative estimate of drug-likeness (QED) is 0.669. The number of phenols is 1. The highest BCUT2D eigenvalue weighted by atomic mass is 16.3. The molecule has 0 spiro atoms. The van der Waals surface area contributed by atoms with Crippen LogP contribution in [-0.4, -0.2) is 11.0 Å². The molecule has 2 rings (SSSR count). The van der Waals surface area contributed by atoms with E-state index in [0.717, 1.165) is 6.42 Å². The van der Waals surface area contributed by atoms with Gasteiger partial charge in [-0.2, -0.15) is 5.26 Å². The number of nitriles is 1. The molecule has 110 valence electrons. The number of nitrogens with zero attached hydrogens (tertiary/aromatic N) is 1. The van der Waals surface area contributed by atoms with Gasteiger partial charge in [-0.1, -0.05) is 31.2 Å². The first-order valence-electron chi connectivity index (χ1n) is 6.93. The first-order chi connectivity index (χ1) is 10.6. The Balaban J connectivity index is 2.14. The van der Waals surface area contributed by atoms with E-state index in [2.05, 4.69) is 12.2 Å². The molecule has 0 saturated carbocycles. The topological polar surface area (TPSA) is 73.1 Å². The lowest BCUT2D eigenvalue weighted by atomic mass is 10.1. The molecule has 0 heterocycles. The Kier molecular flexibility index (Phi) is 4.94. The summed E-state index contributed by atoms with van der Waals surface area (Å²) in [5.74, 6) is -0.323. The molecule has 0 bridgehead atoms.